The van der Waals surface area contributed by atoms with E-state index < -0.39 is 0 Å². The van der Waals surface area contributed by atoms with E-state index in [4.69, 9.17) is 4.98 Å². The van der Waals surface area contributed by atoms with Gasteiger partial charge in [0.1, 0.15) is 5.82 Å². The van der Waals surface area contributed by atoms with Gasteiger partial charge < -0.3 is 10.3 Å². The van der Waals surface area contributed by atoms with Crippen LogP contribution in [-0.4, -0.2) is 16.5 Å². The third kappa shape index (κ3) is 2.06. The molecule has 1 aliphatic rings. The Morgan fingerprint density at radius 1 is 1.26 bits per heavy atom. The molecule has 0 saturated carbocycles. The largest absolute Gasteiger partial charge is 0.340 e. The summed E-state index contributed by atoms with van der Waals surface area (Å²) >= 11 is 0. The molecule has 3 rings (SSSR count). The Kier molecular flexibility index (Phi) is 3.09. The Morgan fingerprint density at radius 3 is 2.74 bits per heavy atom. The second-order valence-corrected chi connectivity index (χ2v) is 5.90. The number of fused-ring (bicyclic) bond motifs is 1. The first-order chi connectivity index (χ1) is 9.14. The number of imidazole rings is 1. The first kappa shape index (κ1) is 12.7. The highest BCUT2D eigenvalue weighted by molar-refractivity contribution is 5.77. The van der Waals surface area contributed by atoms with Crippen molar-refractivity contribution in [2.75, 3.05) is 6.54 Å². The van der Waals surface area contributed by atoms with Crippen molar-refractivity contribution in [1.82, 2.24) is 15.3 Å². The summed E-state index contributed by atoms with van der Waals surface area (Å²) in [6.45, 7) is 7.66. The molecule has 0 amide bonds. The molecule has 0 radical (unpaired) electrons. The van der Waals surface area contributed by atoms with Crippen molar-refractivity contribution in [2.24, 2.45) is 0 Å². The fourth-order valence-electron chi connectivity index (χ4n) is 3.26. The van der Waals surface area contributed by atoms with Crippen LogP contribution in [0.15, 0.2) is 12.1 Å². The van der Waals surface area contributed by atoms with Gasteiger partial charge in [-0.1, -0.05) is 13.3 Å². The van der Waals surface area contributed by atoms with Crippen LogP contribution in [0.5, 0.6) is 0 Å². The molecule has 0 bridgehead atoms. The van der Waals surface area contributed by atoms with Crippen LogP contribution in [-0.2, 0) is 5.54 Å². The van der Waals surface area contributed by atoms with Gasteiger partial charge in [-0.05, 0) is 62.9 Å². The number of hydrogen-bond donors (Lipinski definition) is 2. The summed E-state index contributed by atoms with van der Waals surface area (Å²) in [6, 6.07) is 4.41. The zero-order valence-corrected chi connectivity index (χ0v) is 12.1. The molecule has 2 aromatic rings. The first-order valence-electron chi connectivity index (χ1n) is 7.37. The molecule has 1 saturated heterocycles. The maximum absolute atomic E-state index is 4.87. The van der Waals surface area contributed by atoms with E-state index in [0.717, 1.165) is 24.3 Å². The van der Waals surface area contributed by atoms with E-state index in [-0.39, 0.29) is 5.54 Å². The lowest BCUT2D eigenvalue weighted by atomic mass is 9.91. The average molecular weight is 257 g/mol. The molecule has 1 unspecified atom stereocenters. The highest BCUT2D eigenvalue weighted by Crippen LogP contribution is 2.34. The van der Waals surface area contributed by atoms with Crippen molar-refractivity contribution in [3.05, 3.63) is 29.1 Å². The van der Waals surface area contributed by atoms with Gasteiger partial charge in [0.05, 0.1) is 16.6 Å². The predicted molar refractivity (Wildman–Crippen MR) is 79.4 cm³/mol. The molecule has 2 N–H and O–H groups in total. The monoisotopic (exact) mass is 257 g/mol. The van der Waals surface area contributed by atoms with Gasteiger partial charge in [-0.3, -0.25) is 0 Å². The highest BCUT2D eigenvalue weighted by atomic mass is 15.1. The lowest BCUT2D eigenvalue weighted by Crippen LogP contribution is -2.37. The lowest BCUT2D eigenvalue weighted by Gasteiger charge is -2.26. The van der Waals surface area contributed by atoms with E-state index in [2.05, 4.69) is 43.2 Å². The third-order valence-electron chi connectivity index (χ3n) is 4.47. The van der Waals surface area contributed by atoms with E-state index >= 15 is 0 Å². The number of aryl methyl sites for hydroxylation is 2. The van der Waals surface area contributed by atoms with E-state index in [1.54, 1.807) is 0 Å². The van der Waals surface area contributed by atoms with Gasteiger partial charge in [0.2, 0.25) is 0 Å². The van der Waals surface area contributed by atoms with Gasteiger partial charge >= 0.3 is 0 Å². The summed E-state index contributed by atoms with van der Waals surface area (Å²) in [5.41, 5.74) is 4.99. The number of H-pyrrole nitrogens is 1. The van der Waals surface area contributed by atoms with Crippen LogP contribution in [0.4, 0.5) is 0 Å². The number of nitrogens with zero attached hydrogens (tertiary/aromatic N) is 1. The quantitative estimate of drug-likeness (QED) is 0.882. The Hall–Kier alpha value is -1.35. The topological polar surface area (TPSA) is 40.7 Å². The molecule has 19 heavy (non-hydrogen) atoms. The molecule has 102 valence electrons. The van der Waals surface area contributed by atoms with E-state index in [9.17, 15) is 0 Å². The number of rotatable bonds is 3. The van der Waals surface area contributed by atoms with Gasteiger partial charge in [0.25, 0.3) is 0 Å². The van der Waals surface area contributed by atoms with Crippen molar-refractivity contribution in [2.45, 2.75) is 52.0 Å². The van der Waals surface area contributed by atoms with Crippen LogP contribution in [0.25, 0.3) is 11.0 Å². The maximum Gasteiger partial charge on any atom is 0.127 e. The van der Waals surface area contributed by atoms with Crippen molar-refractivity contribution >= 4 is 11.0 Å². The first-order valence-corrected chi connectivity index (χ1v) is 7.37. The fraction of sp³-hybridized carbons (Fsp3) is 0.562. The van der Waals surface area contributed by atoms with Crippen LogP contribution in [0.3, 0.4) is 0 Å². The molecular formula is C16H23N3. The normalized spacial score (nSPS) is 23.3. The molecule has 0 aliphatic carbocycles. The number of aromatic nitrogens is 2. The minimum absolute atomic E-state index is 0.0789. The predicted octanol–water partition coefficient (Wildman–Crippen LogP) is 3.56. The fourth-order valence-corrected chi connectivity index (χ4v) is 3.26. The van der Waals surface area contributed by atoms with Crippen LogP contribution < -0.4 is 5.32 Å². The Bertz CT molecular complexity index is 552. The van der Waals surface area contributed by atoms with E-state index in [1.807, 2.05) is 0 Å². The Balaban J connectivity index is 2.09. The van der Waals surface area contributed by atoms with E-state index in [1.165, 1.54) is 35.9 Å². The summed E-state index contributed by atoms with van der Waals surface area (Å²) in [4.78, 5) is 8.43. The highest BCUT2D eigenvalue weighted by Gasteiger charge is 2.37. The molecule has 0 spiro atoms. The molecule has 1 atom stereocenters. The van der Waals surface area contributed by atoms with Crippen molar-refractivity contribution in [3.8, 4) is 0 Å². The minimum Gasteiger partial charge on any atom is -0.340 e. The van der Waals surface area contributed by atoms with Gasteiger partial charge in [-0.25, -0.2) is 4.98 Å². The number of hydrogen-bond acceptors (Lipinski definition) is 2. The number of nitrogens with one attached hydrogen (secondary N) is 2. The average Bonchev–Trinajstić information content (AvgIpc) is 2.98. The Labute approximate surface area is 114 Å². The molecule has 3 nitrogen and oxygen atoms in total. The summed E-state index contributed by atoms with van der Waals surface area (Å²) in [5.74, 6) is 1.13. The summed E-state index contributed by atoms with van der Waals surface area (Å²) in [7, 11) is 0. The van der Waals surface area contributed by atoms with Crippen LogP contribution in [0.2, 0.25) is 0 Å². The van der Waals surface area contributed by atoms with Gasteiger partial charge in [-0.2, -0.15) is 0 Å². The van der Waals surface area contributed by atoms with Gasteiger partial charge in [0, 0.05) is 0 Å². The van der Waals surface area contributed by atoms with Crippen molar-refractivity contribution in [1.29, 1.82) is 0 Å². The number of aromatic amines is 1. The SMILES string of the molecule is CCCC1(c2nc3cc(C)c(C)cc3[nH]2)CCCN1. The Morgan fingerprint density at radius 2 is 2.05 bits per heavy atom. The zero-order valence-electron chi connectivity index (χ0n) is 12.1. The second kappa shape index (κ2) is 4.64. The zero-order chi connectivity index (χ0) is 13.5. The summed E-state index contributed by atoms with van der Waals surface area (Å²) in [5, 5.41) is 3.68. The lowest BCUT2D eigenvalue weighted by molar-refractivity contribution is 0.338. The molecule has 1 aromatic heterocycles. The minimum atomic E-state index is 0.0789. The standard InChI is InChI=1S/C16H23N3/c1-4-6-16(7-5-8-17-16)15-18-13-9-11(2)12(3)10-14(13)19-15/h9-10,17H,4-8H2,1-3H3,(H,18,19). The molecule has 3 heteroatoms. The summed E-state index contributed by atoms with van der Waals surface area (Å²) in [6.07, 6.45) is 4.78. The van der Waals surface area contributed by atoms with Gasteiger partial charge in [-0.15, -0.1) is 0 Å². The molecule has 1 aromatic carbocycles. The molecule has 1 aliphatic heterocycles. The summed E-state index contributed by atoms with van der Waals surface area (Å²) < 4.78 is 0. The third-order valence-corrected chi connectivity index (χ3v) is 4.47. The number of benzene rings is 1. The maximum atomic E-state index is 4.87. The van der Waals surface area contributed by atoms with Crippen LogP contribution in [0, 0.1) is 13.8 Å². The van der Waals surface area contributed by atoms with Crippen LogP contribution in [0.1, 0.15) is 49.6 Å². The smallest absolute Gasteiger partial charge is 0.127 e. The second-order valence-electron chi connectivity index (χ2n) is 5.90. The molecule has 1 fully saturated rings. The molecular weight excluding hydrogens is 234 g/mol. The molecule has 2 heterocycles. The van der Waals surface area contributed by atoms with Crippen molar-refractivity contribution < 1.29 is 0 Å². The van der Waals surface area contributed by atoms with Crippen LogP contribution >= 0.6 is 0 Å². The van der Waals surface area contributed by atoms with E-state index in [0.29, 0.717) is 0 Å². The van der Waals surface area contributed by atoms with Crippen molar-refractivity contribution in [3.63, 3.8) is 0 Å². The van der Waals surface area contributed by atoms with Gasteiger partial charge in [0.15, 0.2) is 0 Å².